The first-order valence-corrected chi connectivity index (χ1v) is 8.07. The van der Waals surface area contributed by atoms with Crippen LogP contribution < -0.4 is 5.32 Å². The van der Waals surface area contributed by atoms with Gasteiger partial charge in [0, 0.05) is 21.5 Å². The summed E-state index contributed by atoms with van der Waals surface area (Å²) in [5.41, 5.74) is 1.21. The summed E-state index contributed by atoms with van der Waals surface area (Å²) in [6, 6.07) is 12.2. The minimum absolute atomic E-state index is 0.0528. The predicted molar refractivity (Wildman–Crippen MR) is 88.8 cm³/mol. The smallest absolute Gasteiger partial charge is 0.244 e. The number of rotatable bonds is 5. The first-order chi connectivity index (χ1) is 9.63. The molecule has 1 heterocycles. The fourth-order valence-electron chi connectivity index (χ4n) is 1.86. The van der Waals surface area contributed by atoms with E-state index < -0.39 is 0 Å². The monoisotopic (exact) mass is 349 g/mol. The van der Waals surface area contributed by atoms with E-state index in [1.165, 1.54) is 5.56 Å². The molecular weight excluding hydrogens is 334 g/mol. The molecule has 4 heteroatoms. The van der Waals surface area contributed by atoms with Crippen LogP contribution in [0.25, 0.3) is 6.08 Å². The lowest BCUT2D eigenvalue weighted by molar-refractivity contribution is -0.117. The van der Waals surface area contributed by atoms with E-state index in [2.05, 4.69) is 33.4 Å². The molecule has 1 aromatic heterocycles. The van der Waals surface area contributed by atoms with Crippen molar-refractivity contribution in [3.05, 3.63) is 62.8 Å². The van der Waals surface area contributed by atoms with Gasteiger partial charge < -0.3 is 5.32 Å². The summed E-state index contributed by atoms with van der Waals surface area (Å²) in [5, 5.41) is 4.97. The number of nitrogens with one attached hydrogen (secondary N) is 1. The van der Waals surface area contributed by atoms with E-state index in [0.29, 0.717) is 0 Å². The number of hydrogen-bond acceptors (Lipinski definition) is 2. The highest BCUT2D eigenvalue weighted by molar-refractivity contribution is 9.10. The van der Waals surface area contributed by atoms with Crippen LogP contribution in [0.5, 0.6) is 0 Å². The van der Waals surface area contributed by atoms with E-state index in [-0.39, 0.29) is 11.9 Å². The van der Waals surface area contributed by atoms with E-state index in [9.17, 15) is 4.79 Å². The lowest BCUT2D eigenvalue weighted by Crippen LogP contribution is -2.32. The Morgan fingerprint density at radius 1 is 1.35 bits per heavy atom. The molecule has 104 valence electrons. The summed E-state index contributed by atoms with van der Waals surface area (Å²) in [6.45, 7) is 2.01. The molecule has 1 atom stereocenters. The van der Waals surface area contributed by atoms with Gasteiger partial charge in [0.2, 0.25) is 5.91 Å². The zero-order chi connectivity index (χ0) is 14.4. The Bertz CT molecular complexity index is 575. The number of benzene rings is 1. The zero-order valence-electron chi connectivity index (χ0n) is 11.2. The van der Waals surface area contributed by atoms with E-state index in [4.69, 9.17) is 0 Å². The second-order valence-corrected chi connectivity index (χ2v) is 6.48. The summed E-state index contributed by atoms with van der Waals surface area (Å²) >= 11 is 5.03. The average molecular weight is 350 g/mol. The maximum Gasteiger partial charge on any atom is 0.244 e. The largest absolute Gasteiger partial charge is 0.350 e. The summed E-state index contributed by atoms with van der Waals surface area (Å²) in [7, 11) is 0. The molecule has 0 aliphatic heterocycles. The van der Waals surface area contributed by atoms with Gasteiger partial charge in [-0.3, -0.25) is 4.79 Å². The standard InChI is InChI=1S/C16H16BrNOS/c1-12(11-13-4-6-14(17)7-5-13)18-16(19)9-8-15-3-2-10-20-15/h2-10,12H,11H2,1H3,(H,18,19)/b9-8+. The van der Waals surface area contributed by atoms with Gasteiger partial charge in [0.25, 0.3) is 0 Å². The molecule has 0 saturated heterocycles. The van der Waals surface area contributed by atoms with E-state index in [0.717, 1.165) is 15.8 Å². The topological polar surface area (TPSA) is 29.1 Å². The molecule has 1 N–H and O–H groups in total. The van der Waals surface area contributed by atoms with Crippen molar-refractivity contribution in [1.29, 1.82) is 0 Å². The Hall–Kier alpha value is -1.39. The average Bonchev–Trinajstić information content (AvgIpc) is 2.92. The number of hydrogen-bond donors (Lipinski definition) is 1. The summed E-state index contributed by atoms with van der Waals surface area (Å²) in [6.07, 6.45) is 4.25. The fraction of sp³-hybridized carbons (Fsp3) is 0.188. The van der Waals surface area contributed by atoms with Crippen molar-refractivity contribution in [3.63, 3.8) is 0 Å². The predicted octanol–water partition coefficient (Wildman–Crippen LogP) is 4.27. The van der Waals surface area contributed by atoms with Gasteiger partial charge in [-0.05, 0) is 48.6 Å². The number of halogens is 1. The van der Waals surface area contributed by atoms with Crippen molar-refractivity contribution in [3.8, 4) is 0 Å². The minimum atomic E-state index is -0.0528. The molecule has 0 aliphatic rings. The molecule has 1 unspecified atom stereocenters. The molecule has 0 fully saturated rings. The molecule has 2 rings (SSSR count). The van der Waals surface area contributed by atoms with Crippen molar-refractivity contribution in [2.24, 2.45) is 0 Å². The van der Waals surface area contributed by atoms with Crippen LogP contribution in [0, 0.1) is 0 Å². The van der Waals surface area contributed by atoms with Gasteiger partial charge in [0.15, 0.2) is 0 Å². The summed E-state index contributed by atoms with van der Waals surface area (Å²) in [4.78, 5) is 12.9. The first-order valence-electron chi connectivity index (χ1n) is 6.40. The van der Waals surface area contributed by atoms with Crippen molar-refractivity contribution < 1.29 is 4.79 Å². The molecule has 0 spiro atoms. The molecule has 0 radical (unpaired) electrons. The second-order valence-electron chi connectivity index (χ2n) is 4.59. The van der Waals surface area contributed by atoms with Crippen LogP contribution >= 0.6 is 27.3 Å². The van der Waals surface area contributed by atoms with E-state index >= 15 is 0 Å². The van der Waals surface area contributed by atoms with Crippen molar-refractivity contribution in [2.45, 2.75) is 19.4 Å². The number of thiophene rings is 1. The van der Waals surface area contributed by atoms with Crippen molar-refractivity contribution >= 4 is 39.2 Å². The molecular formula is C16H16BrNOS. The highest BCUT2D eigenvalue weighted by Gasteiger charge is 2.05. The van der Waals surface area contributed by atoms with Gasteiger partial charge in [0.1, 0.15) is 0 Å². The molecule has 0 bridgehead atoms. The minimum Gasteiger partial charge on any atom is -0.350 e. The van der Waals surface area contributed by atoms with Crippen LogP contribution in [0.15, 0.2) is 52.3 Å². The SMILES string of the molecule is CC(Cc1ccc(Br)cc1)NC(=O)/C=C/c1cccs1. The normalized spacial score (nSPS) is 12.5. The van der Waals surface area contributed by atoms with Gasteiger partial charge in [-0.15, -0.1) is 11.3 Å². The molecule has 2 nitrogen and oxygen atoms in total. The third kappa shape index (κ3) is 4.94. The molecule has 2 aromatic rings. The van der Waals surface area contributed by atoms with Crippen LogP contribution in [0.4, 0.5) is 0 Å². The van der Waals surface area contributed by atoms with Crippen LogP contribution in [0.3, 0.4) is 0 Å². The third-order valence-corrected chi connectivity index (χ3v) is 4.15. The van der Waals surface area contributed by atoms with Crippen LogP contribution in [0.1, 0.15) is 17.4 Å². The van der Waals surface area contributed by atoms with Crippen LogP contribution in [0.2, 0.25) is 0 Å². The number of carbonyl (C=O) groups is 1. The van der Waals surface area contributed by atoms with Crippen LogP contribution in [-0.2, 0) is 11.2 Å². The first kappa shape index (κ1) is 15.0. The zero-order valence-corrected chi connectivity index (χ0v) is 13.6. The lowest BCUT2D eigenvalue weighted by atomic mass is 10.1. The van der Waals surface area contributed by atoms with Gasteiger partial charge in [-0.2, -0.15) is 0 Å². The van der Waals surface area contributed by atoms with Crippen molar-refractivity contribution in [2.75, 3.05) is 0 Å². The summed E-state index contributed by atoms with van der Waals surface area (Å²) in [5.74, 6) is -0.0528. The van der Waals surface area contributed by atoms with E-state index in [1.54, 1.807) is 17.4 Å². The fourth-order valence-corrected chi connectivity index (χ4v) is 2.74. The van der Waals surface area contributed by atoms with Gasteiger partial charge in [0.05, 0.1) is 0 Å². The number of amides is 1. The Labute approximate surface area is 131 Å². The molecule has 0 saturated carbocycles. The second kappa shape index (κ2) is 7.41. The Kier molecular flexibility index (Phi) is 5.56. The van der Waals surface area contributed by atoms with Gasteiger partial charge in [-0.1, -0.05) is 34.1 Å². The lowest BCUT2D eigenvalue weighted by Gasteiger charge is -2.12. The van der Waals surface area contributed by atoms with Crippen molar-refractivity contribution in [1.82, 2.24) is 5.32 Å². The summed E-state index contributed by atoms with van der Waals surface area (Å²) < 4.78 is 1.07. The molecule has 20 heavy (non-hydrogen) atoms. The Morgan fingerprint density at radius 2 is 2.10 bits per heavy atom. The molecule has 1 amide bonds. The maximum absolute atomic E-state index is 11.8. The maximum atomic E-state index is 11.8. The Balaban J connectivity index is 1.83. The highest BCUT2D eigenvalue weighted by atomic mass is 79.9. The van der Waals surface area contributed by atoms with Crippen LogP contribution in [-0.4, -0.2) is 11.9 Å². The highest BCUT2D eigenvalue weighted by Crippen LogP contribution is 2.12. The Morgan fingerprint density at radius 3 is 2.75 bits per heavy atom. The van der Waals surface area contributed by atoms with E-state index in [1.807, 2.05) is 42.6 Å². The number of carbonyl (C=O) groups excluding carboxylic acids is 1. The van der Waals surface area contributed by atoms with Gasteiger partial charge in [-0.25, -0.2) is 0 Å². The third-order valence-electron chi connectivity index (χ3n) is 2.79. The molecule has 0 aliphatic carbocycles. The molecule has 1 aromatic carbocycles. The quantitative estimate of drug-likeness (QED) is 0.802. The van der Waals surface area contributed by atoms with Gasteiger partial charge >= 0.3 is 0 Å².